The van der Waals surface area contributed by atoms with Crippen LogP contribution in [0.25, 0.3) is 21.1 Å². The van der Waals surface area contributed by atoms with Crippen LogP contribution in [0.1, 0.15) is 111 Å². The molecule has 3 aliphatic carbocycles. The number of carboxylic acid groups (broad SMARTS) is 1. The number of carbonyl (C=O) groups is 2. The maximum Gasteiger partial charge on any atom is 0.336 e. The number of aromatic nitrogens is 4. The summed E-state index contributed by atoms with van der Waals surface area (Å²) in [6.07, 6.45) is 23.4. The second-order valence-corrected chi connectivity index (χ2v) is 15.5. The van der Waals surface area contributed by atoms with Crippen molar-refractivity contribution in [3.05, 3.63) is 58.5 Å². The Balaban J connectivity index is 0.000000153. The Bertz CT molecular complexity index is 1600. The van der Waals surface area contributed by atoms with Gasteiger partial charge < -0.3 is 10.0 Å². The molecule has 1 saturated heterocycles. The largest absolute Gasteiger partial charge is 0.478 e. The van der Waals surface area contributed by atoms with Crippen LogP contribution in [0.2, 0.25) is 0 Å². The molecular weight excluding hydrogens is 662 g/mol. The number of halogens is 1. The molecule has 4 aliphatic rings. The molecular formula is C37H50ClN5O3S2. The summed E-state index contributed by atoms with van der Waals surface area (Å²) in [4.78, 5) is 27.9. The summed E-state index contributed by atoms with van der Waals surface area (Å²) >= 11 is 3.04. The number of nitrogens with zero attached hydrogens (tertiary/aromatic N) is 5. The lowest BCUT2D eigenvalue weighted by Gasteiger charge is -2.44. The number of rotatable bonds is 4. The molecule has 5 heterocycles. The van der Waals surface area contributed by atoms with Crippen LogP contribution >= 0.6 is 35.1 Å². The molecule has 1 N–H and O–H groups in total. The summed E-state index contributed by atoms with van der Waals surface area (Å²) in [5.74, 6) is 2.38. The number of carbonyl (C=O) groups excluding carboxylic acids is 1. The van der Waals surface area contributed by atoms with E-state index < -0.39 is 5.97 Å². The van der Waals surface area contributed by atoms with E-state index in [1.54, 1.807) is 65.5 Å². The quantitative estimate of drug-likeness (QED) is 0.228. The van der Waals surface area contributed by atoms with Crippen LogP contribution in [-0.4, -0.2) is 54.0 Å². The summed E-state index contributed by atoms with van der Waals surface area (Å²) in [5.41, 5.74) is 3.18. The maximum absolute atomic E-state index is 13.0. The lowest BCUT2D eigenvalue weighted by atomic mass is 9.71. The minimum atomic E-state index is -0.894. The van der Waals surface area contributed by atoms with E-state index in [1.807, 2.05) is 42.4 Å². The van der Waals surface area contributed by atoms with Gasteiger partial charge in [-0.05, 0) is 67.7 Å². The molecule has 4 aromatic heterocycles. The van der Waals surface area contributed by atoms with Gasteiger partial charge in [-0.2, -0.15) is 10.2 Å². The average Bonchev–Trinajstić information content (AvgIpc) is 3.93. The third kappa shape index (κ3) is 8.61. The Morgan fingerprint density at radius 3 is 1.62 bits per heavy atom. The number of amides is 1. The predicted molar refractivity (Wildman–Crippen MR) is 197 cm³/mol. The fraction of sp³-hybridized carbons (Fsp3) is 0.568. The highest BCUT2D eigenvalue weighted by atomic mass is 35.5. The maximum atomic E-state index is 13.0. The third-order valence-corrected chi connectivity index (χ3v) is 12.7. The molecule has 1 amide bonds. The zero-order valence-electron chi connectivity index (χ0n) is 28.3. The van der Waals surface area contributed by atoms with Crippen LogP contribution in [0.5, 0.6) is 0 Å². The molecule has 4 aromatic rings. The highest BCUT2D eigenvalue weighted by molar-refractivity contribution is 7.14. The van der Waals surface area contributed by atoms with E-state index in [0.717, 1.165) is 57.4 Å². The molecule has 48 heavy (non-hydrogen) atoms. The Morgan fingerprint density at radius 2 is 1.15 bits per heavy atom. The zero-order valence-corrected chi connectivity index (χ0v) is 30.7. The van der Waals surface area contributed by atoms with E-state index in [2.05, 4.69) is 15.1 Å². The monoisotopic (exact) mass is 711 g/mol. The third-order valence-electron chi connectivity index (χ3n) is 10.8. The second-order valence-electron chi connectivity index (χ2n) is 13.7. The fourth-order valence-electron chi connectivity index (χ4n) is 8.30. The zero-order chi connectivity index (χ0) is 32.8. The van der Waals surface area contributed by atoms with Crippen molar-refractivity contribution in [1.29, 1.82) is 0 Å². The van der Waals surface area contributed by atoms with Crippen LogP contribution in [0.3, 0.4) is 0 Å². The molecule has 8 nitrogen and oxygen atoms in total. The standard InChI is InChI=1S/C18H23N3OS.C10H18.C9H8N2O2S.ClH/c1-20-16(8-9-19-20)17-11-14(12-23-17)18(22)21-10-4-6-13-5-2-3-7-15(13)21;1-2-6-10-8-4-3-7-9(10)5-1;1-11-7(2-3-10-11)8-4-6(5-14-8)9(12)13;/h8-9,11-13,15H,2-7,10H2,1H3;9-10H,1-8H2;2-5H,1H3,(H,12,13);1H. The second kappa shape index (κ2) is 17.1. The first-order valence-corrected chi connectivity index (χ1v) is 19.3. The van der Waals surface area contributed by atoms with Crippen LogP contribution in [0, 0.1) is 17.8 Å². The van der Waals surface area contributed by atoms with Gasteiger partial charge in [0.1, 0.15) is 0 Å². The number of hydrogen-bond acceptors (Lipinski definition) is 6. The Kier molecular flexibility index (Phi) is 13.0. The molecule has 0 aromatic carbocycles. The number of aromatic carboxylic acids is 1. The van der Waals surface area contributed by atoms with Gasteiger partial charge >= 0.3 is 5.97 Å². The van der Waals surface area contributed by atoms with E-state index >= 15 is 0 Å². The molecule has 1 aliphatic heterocycles. The van der Waals surface area contributed by atoms with Gasteiger partial charge in [0.25, 0.3) is 5.91 Å². The van der Waals surface area contributed by atoms with Crippen LogP contribution in [0.4, 0.5) is 0 Å². The van der Waals surface area contributed by atoms with Crippen LogP contribution in [-0.2, 0) is 14.1 Å². The first-order chi connectivity index (χ1) is 22.9. The summed E-state index contributed by atoms with van der Waals surface area (Å²) in [6, 6.07) is 8.03. The van der Waals surface area contributed by atoms with Gasteiger partial charge in [0, 0.05) is 49.8 Å². The van der Waals surface area contributed by atoms with Crippen LogP contribution in [0.15, 0.2) is 47.4 Å². The summed E-state index contributed by atoms with van der Waals surface area (Å²) in [7, 11) is 3.77. The van der Waals surface area contributed by atoms with Crippen molar-refractivity contribution in [1.82, 2.24) is 24.5 Å². The molecule has 11 heteroatoms. The normalized spacial score (nSPS) is 23.2. The van der Waals surface area contributed by atoms with Crippen molar-refractivity contribution in [2.24, 2.45) is 31.8 Å². The van der Waals surface area contributed by atoms with Crippen molar-refractivity contribution in [2.45, 2.75) is 95.9 Å². The number of thiophene rings is 2. The van der Waals surface area contributed by atoms with Gasteiger partial charge in [0.15, 0.2) is 0 Å². The molecule has 2 atom stereocenters. The summed E-state index contributed by atoms with van der Waals surface area (Å²) in [6.45, 7) is 0.927. The SMILES string of the molecule is C1CCC2CCCCC2C1.Cl.Cn1nccc1-c1cc(C(=O)N2CCCC3CCCCC32)cs1.Cn1nccc1-c1cc(C(=O)O)cs1. The summed E-state index contributed by atoms with van der Waals surface area (Å²) in [5, 5.41) is 20.6. The highest BCUT2D eigenvalue weighted by Crippen LogP contribution is 2.40. The van der Waals surface area contributed by atoms with Gasteiger partial charge in [0.05, 0.1) is 32.3 Å². The van der Waals surface area contributed by atoms with Crippen molar-refractivity contribution in [3.63, 3.8) is 0 Å². The lowest BCUT2D eigenvalue weighted by Crippen LogP contribution is -2.49. The van der Waals surface area contributed by atoms with Gasteiger partial charge in [-0.3, -0.25) is 14.2 Å². The average molecular weight is 712 g/mol. The topological polar surface area (TPSA) is 93.3 Å². The van der Waals surface area contributed by atoms with Gasteiger partial charge in [-0.25, -0.2) is 4.79 Å². The van der Waals surface area contributed by atoms with E-state index in [1.165, 1.54) is 69.1 Å². The molecule has 4 fully saturated rings. The summed E-state index contributed by atoms with van der Waals surface area (Å²) < 4.78 is 3.58. The molecule has 260 valence electrons. The van der Waals surface area contributed by atoms with E-state index in [0.29, 0.717) is 11.6 Å². The minimum absolute atomic E-state index is 0. The van der Waals surface area contributed by atoms with Crippen molar-refractivity contribution in [2.75, 3.05) is 6.54 Å². The number of hydrogen-bond donors (Lipinski definition) is 1. The highest BCUT2D eigenvalue weighted by Gasteiger charge is 2.36. The fourth-order valence-corrected chi connectivity index (χ4v) is 10.2. The number of carboxylic acids is 1. The van der Waals surface area contributed by atoms with Crippen molar-refractivity contribution in [3.8, 4) is 21.1 Å². The Labute approximate surface area is 299 Å². The number of aryl methyl sites for hydroxylation is 2. The predicted octanol–water partition coefficient (Wildman–Crippen LogP) is 9.58. The molecule has 3 saturated carbocycles. The first kappa shape index (κ1) is 36.3. The first-order valence-electron chi connectivity index (χ1n) is 17.6. The van der Waals surface area contributed by atoms with E-state index in [-0.39, 0.29) is 18.3 Å². The van der Waals surface area contributed by atoms with Gasteiger partial charge in [0.2, 0.25) is 0 Å². The van der Waals surface area contributed by atoms with E-state index in [9.17, 15) is 9.59 Å². The van der Waals surface area contributed by atoms with E-state index in [4.69, 9.17) is 5.11 Å². The van der Waals surface area contributed by atoms with Gasteiger partial charge in [-0.15, -0.1) is 35.1 Å². The Hall–Kier alpha value is -2.95. The molecule has 8 rings (SSSR count). The minimum Gasteiger partial charge on any atom is -0.478 e. The molecule has 2 unspecified atom stereocenters. The molecule has 0 spiro atoms. The molecule has 0 bridgehead atoms. The van der Waals surface area contributed by atoms with Crippen molar-refractivity contribution >= 4 is 47.0 Å². The number of piperidine rings is 1. The smallest absolute Gasteiger partial charge is 0.336 e. The van der Waals surface area contributed by atoms with Gasteiger partial charge in [-0.1, -0.05) is 64.2 Å². The Morgan fingerprint density at radius 1 is 0.688 bits per heavy atom. The van der Waals surface area contributed by atoms with Crippen molar-refractivity contribution < 1.29 is 14.7 Å². The number of likely N-dealkylation sites (tertiary alicyclic amines) is 1. The van der Waals surface area contributed by atoms with Crippen LogP contribution < -0.4 is 0 Å². The lowest BCUT2D eigenvalue weighted by molar-refractivity contribution is 0.0391. The number of fused-ring (bicyclic) bond motifs is 2. The molecule has 0 radical (unpaired) electrons.